The van der Waals surface area contributed by atoms with Crippen LogP contribution in [-0.2, 0) is 4.74 Å². The van der Waals surface area contributed by atoms with E-state index >= 15 is 0 Å². The summed E-state index contributed by atoms with van der Waals surface area (Å²) in [6.45, 7) is 1.60. The lowest BCUT2D eigenvalue weighted by Crippen LogP contribution is -2.10. The second kappa shape index (κ2) is 4.65. The first kappa shape index (κ1) is 12.0. The molecule has 0 fully saturated rings. The van der Waals surface area contributed by atoms with E-state index < -0.39 is 18.0 Å². The van der Waals surface area contributed by atoms with Crippen LogP contribution in [0.5, 0.6) is 0 Å². The Bertz CT molecular complexity index is 396. The number of rotatable bonds is 2. The van der Waals surface area contributed by atoms with Gasteiger partial charge in [-0.1, -0.05) is 15.9 Å². The number of aromatic nitrogens is 1. The molecule has 0 saturated carbocycles. The van der Waals surface area contributed by atoms with Crippen molar-refractivity contribution in [2.75, 3.05) is 7.11 Å². The molecule has 0 amide bonds. The van der Waals surface area contributed by atoms with Gasteiger partial charge in [0.2, 0.25) is 0 Å². The van der Waals surface area contributed by atoms with E-state index in [4.69, 9.17) is 0 Å². The number of esters is 1. The average Bonchev–Trinajstić information content (AvgIpc) is 2.14. The highest BCUT2D eigenvalue weighted by atomic mass is 79.9. The summed E-state index contributed by atoms with van der Waals surface area (Å²) in [6.07, 6.45) is -2.78. The van der Waals surface area contributed by atoms with Crippen molar-refractivity contribution in [1.82, 2.24) is 4.98 Å². The van der Waals surface area contributed by atoms with E-state index in [0.29, 0.717) is 5.69 Å². The van der Waals surface area contributed by atoms with Gasteiger partial charge in [0, 0.05) is 10.2 Å². The van der Waals surface area contributed by atoms with Crippen LogP contribution in [0.2, 0.25) is 0 Å². The number of aryl methyl sites for hydroxylation is 1. The van der Waals surface area contributed by atoms with E-state index in [-0.39, 0.29) is 10.2 Å². The molecule has 0 saturated heterocycles. The Labute approximate surface area is 93.6 Å². The Morgan fingerprint density at radius 2 is 2.20 bits per heavy atom. The minimum absolute atomic E-state index is 0.158. The highest BCUT2D eigenvalue weighted by Gasteiger charge is 2.24. The number of halogens is 3. The molecule has 0 atom stereocenters. The van der Waals surface area contributed by atoms with E-state index in [1.807, 2.05) is 0 Å². The fourth-order valence-corrected chi connectivity index (χ4v) is 1.80. The van der Waals surface area contributed by atoms with E-state index in [9.17, 15) is 13.6 Å². The Balaban J connectivity index is 3.40. The molecule has 0 bridgehead atoms. The van der Waals surface area contributed by atoms with Gasteiger partial charge in [-0.2, -0.15) is 0 Å². The number of ether oxygens (including phenoxy) is 1. The number of methoxy groups -OCH3 is 1. The van der Waals surface area contributed by atoms with Gasteiger partial charge in [0.05, 0.1) is 12.7 Å². The molecule has 0 aromatic carbocycles. The fourth-order valence-electron chi connectivity index (χ4n) is 1.10. The van der Waals surface area contributed by atoms with Gasteiger partial charge in [-0.3, -0.25) is 0 Å². The number of nitrogens with zero attached hydrogens (tertiary/aromatic N) is 1. The van der Waals surface area contributed by atoms with Gasteiger partial charge in [0.15, 0.2) is 5.69 Å². The first-order chi connectivity index (χ1) is 6.97. The molecule has 0 aliphatic heterocycles. The highest BCUT2D eigenvalue weighted by Crippen LogP contribution is 2.30. The predicted molar refractivity (Wildman–Crippen MR) is 53.0 cm³/mol. The zero-order valence-corrected chi connectivity index (χ0v) is 9.64. The molecule has 0 aliphatic carbocycles. The minimum atomic E-state index is -2.78. The lowest BCUT2D eigenvalue weighted by atomic mass is 10.2. The van der Waals surface area contributed by atoms with Crippen molar-refractivity contribution in [3.63, 3.8) is 0 Å². The standard InChI is InChI=1S/C9H8BrF2NO2/c1-4-3-5(10)6(8(11)12)7(13-4)9(14)15-2/h3,8H,1-2H3. The first-order valence-corrected chi connectivity index (χ1v) is 4.80. The van der Waals surface area contributed by atoms with Gasteiger partial charge in [0.1, 0.15) is 0 Å². The Morgan fingerprint density at radius 1 is 1.60 bits per heavy atom. The zero-order valence-electron chi connectivity index (χ0n) is 8.05. The molecule has 1 heterocycles. The lowest BCUT2D eigenvalue weighted by Gasteiger charge is -2.09. The molecule has 0 radical (unpaired) electrons. The number of hydrogen-bond acceptors (Lipinski definition) is 3. The molecule has 0 aliphatic rings. The highest BCUT2D eigenvalue weighted by molar-refractivity contribution is 9.10. The van der Waals surface area contributed by atoms with E-state index in [2.05, 4.69) is 25.7 Å². The van der Waals surface area contributed by atoms with Crippen molar-refractivity contribution in [1.29, 1.82) is 0 Å². The van der Waals surface area contributed by atoms with Crippen LogP contribution in [0.25, 0.3) is 0 Å². The normalized spacial score (nSPS) is 10.5. The van der Waals surface area contributed by atoms with E-state index in [1.54, 1.807) is 6.92 Å². The maximum absolute atomic E-state index is 12.6. The number of carbonyl (C=O) groups excluding carboxylic acids is 1. The third-order valence-electron chi connectivity index (χ3n) is 1.73. The molecule has 1 rings (SSSR count). The van der Waals surface area contributed by atoms with Crippen LogP contribution in [0.3, 0.4) is 0 Å². The van der Waals surface area contributed by atoms with Crippen LogP contribution < -0.4 is 0 Å². The second-order valence-electron chi connectivity index (χ2n) is 2.80. The van der Waals surface area contributed by atoms with Gasteiger partial charge < -0.3 is 4.74 Å². The molecular formula is C9H8BrF2NO2. The lowest BCUT2D eigenvalue weighted by molar-refractivity contribution is 0.0581. The van der Waals surface area contributed by atoms with Crippen molar-refractivity contribution in [3.05, 3.63) is 27.5 Å². The molecular weight excluding hydrogens is 272 g/mol. The summed E-state index contributed by atoms with van der Waals surface area (Å²) in [7, 11) is 1.12. The monoisotopic (exact) mass is 279 g/mol. The molecule has 0 spiro atoms. The molecule has 0 unspecified atom stereocenters. The summed E-state index contributed by atoms with van der Waals surface area (Å²) in [5.41, 5.74) is -0.321. The number of alkyl halides is 2. The summed E-state index contributed by atoms with van der Waals surface area (Å²) in [4.78, 5) is 14.9. The molecule has 1 aromatic heterocycles. The van der Waals surface area contributed by atoms with Gasteiger partial charge in [-0.15, -0.1) is 0 Å². The summed E-state index contributed by atoms with van der Waals surface area (Å²) in [5.74, 6) is -0.866. The van der Waals surface area contributed by atoms with Gasteiger partial charge in [0.25, 0.3) is 6.43 Å². The maximum Gasteiger partial charge on any atom is 0.357 e. The summed E-state index contributed by atoms with van der Waals surface area (Å²) in [6, 6.07) is 1.42. The molecule has 0 N–H and O–H groups in total. The minimum Gasteiger partial charge on any atom is -0.464 e. The second-order valence-corrected chi connectivity index (χ2v) is 3.65. The number of hydrogen-bond donors (Lipinski definition) is 0. The zero-order chi connectivity index (χ0) is 11.6. The number of carbonyl (C=O) groups is 1. The average molecular weight is 280 g/mol. The molecule has 3 nitrogen and oxygen atoms in total. The Morgan fingerprint density at radius 3 is 2.67 bits per heavy atom. The van der Waals surface area contributed by atoms with Crippen LogP contribution in [0.15, 0.2) is 10.5 Å². The van der Waals surface area contributed by atoms with Crippen molar-refractivity contribution in [2.45, 2.75) is 13.3 Å². The van der Waals surface area contributed by atoms with Gasteiger partial charge >= 0.3 is 5.97 Å². The number of pyridine rings is 1. The van der Waals surface area contributed by atoms with Crippen LogP contribution >= 0.6 is 15.9 Å². The predicted octanol–water partition coefficient (Wildman–Crippen LogP) is 2.88. The smallest absolute Gasteiger partial charge is 0.357 e. The Kier molecular flexibility index (Phi) is 3.73. The van der Waals surface area contributed by atoms with Crippen molar-refractivity contribution < 1.29 is 18.3 Å². The summed E-state index contributed by atoms with van der Waals surface area (Å²) < 4.78 is 29.8. The van der Waals surface area contributed by atoms with E-state index in [1.165, 1.54) is 6.07 Å². The molecule has 82 valence electrons. The van der Waals surface area contributed by atoms with Crippen molar-refractivity contribution in [3.8, 4) is 0 Å². The molecule has 6 heteroatoms. The van der Waals surface area contributed by atoms with Crippen LogP contribution in [0.1, 0.15) is 28.2 Å². The third-order valence-corrected chi connectivity index (χ3v) is 2.39. The summed E-state index contributed by atoms with van der Waals surface area (Å²) in [5, 5.41) is 0. The van der Waals surface area contributed by atoms with Crippen molar-refractivity contribution in [2.24, 2.45) is 0 Å². The van der Waals surface area contributed by atoms with Gasteiger partial charge in [-0.25, -0.2) is 18.6 Å². The van der Waals surface area contributed by atoms with Crippen LogP contribution in [-0.4, -0.2) is 18.1 Å². The topological polar surface area (TPSA) is 39.2 Å². The molecule has 1 aromatic rings. The summed E-state index contributed by atoms with van der Waals surface area (Å²) >= 11 is 2.97. The van der Waals surface area contributed by atoms with Crippen LogP contribution in [0.4, 0.5) is 8.78 Å². The molecule has 15 heavy (non-hydrogen) atoms. The van der Waals surface area contributed by atoms with Gasteiger partial charge in [-0.05, 0) is 13.0 Å². The Hall–Kier alpha value is -1.04. The van der Waals surface area contributed by atoms with Crippen molar-refractivity contribution >= 4 is 21.9 Å². The first-order valence-electron chi connectivity index (χ1n) is 4.01. The van der Waals surface area contributed by atoms with E-state index in [0.717, 1.165) is 7.11 Å². The van der Waals surface area contributed by atoms with Crippen LogP contribution in [0, 0.1) is 6.92 Å². The SMILES string of the molecule is COC(=O)c1nc(C)cc(Br)c1C(F)F. The quantitative estimate of drug-likeness (QED) is 0.782. The maximum atomic E-state index is 12.6. The third kappa shape index (κ3) is 2.50. The fraction of sp³-hybridized carbons (Fsp3) is 0.333. The largest absolute Gasteiger partial charge is 0.464 e.